The van der Waals surface area contributed by atoms with Gasteiger partial charge in [0.25, 0.3) is 0 Å². The van der Waals surface area contributed by atoms with Gasteiger partial charge in [0.2, 0.25) is 0 Å². The van der Waals surface area contributed by atoms with Gasteiger partial charge in [0.15, 0.2) is 5.69 Å². The molecule has 3 heteroatoms. The topological polar surface area (TPSA) is 8.29 Å². The molecule has 0 bridgehead atoms. The van der Waals surface area contributed by atoms with Gasteiger partial charge in [-0.2, -0.15) is 0 Å². The molecule has 0 fully saturated rings. The maximum Gasteiger partial charge on any atom is 0.362 e. The van der Waals surface area contributed by atoms with E-state index < -0.39 is 6.28 Å². The maximum absolute atomic E-state index is 2.69. The Hall–Kier alpha value is -5.15. The molecule has 2 nitrogen and oxygen atoms in total. The van der Waals surface area contributed by atoms with Crippen molar-refractivity contribution in [1.82, 2.24) is 4.40 Å². The summed E-state index contributed by atoms with van der Waals surface area (Å²) in [6.45, 7) is 13.8. The molecule has 9 rings (SSSR count). The summed E-state index contributed by atoms with van der Waals surface area (Å²) in [4.78, 5) is 0. The lowest BCUT2D eigenvalue weighted by Gasteiger charge is -2.42. The van der Waals surface area contributed by atoms with Crippen LogP contribution >= 0.6 is 0 Å². The van der Waals surface area contributed by atoms with Gasteiger partial charge >= 0.3 is 6.28 Å². The van der Waals surface area contributed by atoms with Crippen molar-refractivity contribution >= 4 is 50.0 Å². The van der Waals surface area contributed by atoms with Crippen molar-refractivity contribution in [1.29, 1.82) is 0 Å². The summed E-state index contributed by atoms with van der Waals surface area (Å²) < 4.78 is 5.21. The molecule has 0 radical (unpaired) electrons. The quantitative estimate of drug-likeness (QED) is 0.180. The van der Waals surface area contributed by atoms with Crippen molar-refractivity contribution in [3.8, 4) is 22.4 Å². The molecule has 0 atom stereocenters. The number of nitrogens with zero attached hydrogens (tertiary/aromatic N) is 2. The van der Waals surface area contributed by atoms with E-state index in [2.05, 4.69) is 166 Å². The van der Waals surface area contributed by atoms with Gasteiger partial charge in [-0.15, -0.1) is 16.4 Å². The molecular weight excluding hydrogens is 555 g/mol. The number of fused-ring (bicyclic) bond motifs is 10. The van der Waals surface area contributed by atoms with Gasteiger partial charge in [-0.25, -0.2) is 0 Å². The Morgan fingerprint density at radius 2 is 1.09 bits per heavy atom. The average Bonchev–Trinajstić information content (AvgIpc) is 3.52. The Morgan fingerprint density at radius 1 is 0.522 bits per heavy atom. The molecule has 0 N–H and O–H groups in total. The van der Waals surface area contributed by atoms with Gasteiger partial charge < -0.3 is 8.88 Å². The molecular formula is C43H37BN2. The zero-order chi connectivity index (χ0) is 31.5. The van der Waals surface area contributed by atoms with Crippen LogP contribution in [0.3, 0.4) is 0 Å². The van der Waals surface area contributed by atoms with Crippen molar-refractivity contribution < 1.29 is 4.48 Å². The Balaban J connectivity index is 1.61. The SMILES string of the molecule is Cc1cc(C)c([B-]2(c3c(C)cc(C)cc3C)c3ccccc3-c3c(c4c5ccccc5c5cccc3n54)-c3cccc[n+]32)c(C)c1. The number of pyridine rings is 2. The highest BCUT2D eigenvalue weighted by atomic mass is 15.0. The zero-order valence-electron chi connectivity index (χ0n) is 27.4. The number of aryl methyl sites for hydroxylation is 6. The molecule has 5 heterocycles. The van der Waals surface area contributed by atoms with E-state index in [1.54, 1.807) is 0 Å². The lowest BCUT2D eigenvalue weighted by atomic mass is 9.21. The second kappa shape index (κ2) is 9.44. The van der Waals surface area contributed by atoms with Gasteiger partial charge in [0.1, 0.15) is 6.20 Å². The van der Waals surface area contributed by atoms with E-state index >= 15 is 0 Å². The molecule has 0 amide bonds. The summed E-state index contributed by atoms with van der Waals surface area (Å²) in [6.07, 6.45) is 0.677. The second-order valence-corrected chi connectivity index (χ2v) is 13.8. The van der Waals surface area contributed by atoms with Gasteiger partial charge in [0.05, 0.1) is 22.1 Å². The summed E-state index contributed by atoms with van der Waals surface area (Å²) in [7, 11) is 0. The molecule has 0 aliphatic carbocycles. The van der Waals surface area contributed by atoms with E-state index in [1.807, 2.05) is 0 Å². The first-order valence-electron chi connectivity index (χ1n) is 16.5. The molecule has 46 heavy (non-hydrogen) atoms. The van der Waals surface area contributed by atoms with Gasteiger partial charge in [-0.1, -0.05) is 118 Å². The number of rotatable bonds is 2. The van der Waals surface area contributed by atoms with Crippen molar-refractivity contribution in [2.45, 2.75) is 41.5 Å². The highest BCUT2D eigenvalue weighted by Gasteiger charge is 2.50. The molecule has 4 aromatic heterocycles. The monoisotopic (exact) mass is 592 g/mol. The summed E-state index contributed by atoms with van der Waals surface area (Å²) in [5.74, 6) is 0. The Morgan fingerprint density at radius 3 is 1.76 bits per heavy atom. The highest BCUT2D eigenvalue weighted by molar-refractivity contribution is 7.07. The van der Waals surface area contributed by atoms with Crippen molar-refractivity contribution in [2.24, 2.45) is 0 Å². The Kier molecular flexibility index (Phi) is 5.58. The molecule has 222 valence electrons. The first-order chi connectivity index (χ1) is 22.3. The third kappa shape index (κ3) is 3.30. The van der Waals surface area contributed by atoms with Crippen LogP contribution in [-0.2, 0) is 0 Å². The van der Waals surface area contributed by atoms with Crippen LogP contribution in [-0.4, -0.2) is 10.7 Å². The van der Waals surface area contributed by atoms with Gasteiger partial charge in [-0.3, -0.25) is 0 Å². The minimum absolute atomic E-state index is 1.26. The minimum atomic E-state index is -1.69. The van der Waals surface area contributed by atoms with Crippen LogP contribution in [0.2, 0.25) is 0 Å². The molecule has 0 unspecified atom stereocenters. The molecule has 0 saturated heterocycles. The van der Waals surface area contributed by atoms with E-state index in [0.717, 1.165) is 0 Å². The molecule has 0 spiro atoms. The predicted molar refractivity (Wildman–Crippen MR) is 196 cm³/mol. The fraction of sp³-hybridized carbons (Fsp3) is 0.140. The second-order valence-electron chi connectivity index (χ2n) is 13.8. The van der Waals surface area contributed by atoms with Crippen LogP contribution in [0, 0.1) is 41.5 Å². The van der Waals surface area contributed by atoms with E-state index in [4.69, 9.17) is 0 Å². The lowest BCUT2D eigenvalue weighted by molar-refractivity contribution is -0.526. The van der Waals surface area contributed by atoms with Crippen molar-refractivity contribution in [3.05, 3.63) is 149 Å². The first-order valence-corrected chi connectivity index (χ1v) is 16.5. The number of benzene rings is 4. The van der Waals surface area contributed by atoms with Crippen LogP contribution in [0.1, 0.15) is 33.4 Å². The Labute approximate surface area is 270 Å². The van der Waals surface area contributed by atoms with E-state index in [9.17, 15) is 0 Å². The van der Waals surface area contributed by atoms with Crippen molar-refractivity contribution in [3.63, 3.8) is 0 Å². The Bertz CT molecular complexity index is 2450. The predicted octanol–water partition coefficient (Wildman–Crippen LogP) is 7.98. The third-order valence-electron chi connectivity index (χ3n) is 11.0. The van der Waals surface area contributed by atoms with Crippen LogP contribution in [0.4, 0.5) is 0 Å². The summed E-state index contributed by atoms with van der Waals surface area (Å²) in [5, 5.41) is 2.61. The van der Waals surface area contributed by atoms with Gasteiger partial charge in [-0.05, 0) is 65.3 Å². The number of aromatic nitrogens is 2. The summed E-state index contributed by atoms with van der Waals surface area (Å²) in [6, 6.07) is 41.5. The normalized spacial score (nSPS) is 13.6. The van der Waals surface area contributed by atoms with E-state index in [-0.39, 0.29) is 0 Å². The molecule has 1 aliphatic heterocycles. The lowest BCUT2D eigenvalue weighted by Crippen LogP contribution is -2.86. The van der Waals surface area contributed by atoms with Crippen molar-refractivity contribution in [2.75, 3.05) is 0 Å². The van der Waals surface area contributed by atoms with Crippen LogP contribution in [0.15, 0.2) is 115 Å². The van der Waals surface area contributed by atoms with Crippen LogP contribution in [0.5, 0.6) is 0 Å². The smallest absolute Gasteiger partial charge is 0.362 e. The average molecular weight is 593 g/mol. The van der Waals surface area contributed by atoms with E-state index in [1.165, 1.54) is 99.5 Å². The molecule has 1 aliphatic rings. The molecule has 8 aromatic rings. The molecule has 0 saturated carbocycles. The first kappa shape index (κ1) is 27.2. The zero-order valence-corrected chi connectivity index (χ0v) is 27.4. The standard InChI is InChI=1S/C43H37BN2/c1-26-22-28(3)41(29(4)23-26)44(42-30(5)24-27(2)25-31(42)6)35-17-10-9-16-34(35)39-38-20-13-19-36-32-14-7-8-15-33(32)43(46(36)38)40(39)37-18-11-12-21-45(37)44/h7-25H,1-6H3. The third-order valence-corrected chi connectivity index (χ3v) is 11.0. The summed E-state index contributed by atoms with van der Waals surface area (Å²) in [5.41, 5.74) is 21.2. The van der Waals surface area contributed by atoms with Crippen LogP contribution in [0.25, 0.3) is 49.7 Å². The largest absolute Gasteiger partial charge is 0.408 e. The van der Waals surface area contributed by atoms with Gasteiger partial charge in [0, 0.05) is 22.4 Å². The number of hydrogen-bond acceptors (Lipinski definition) is 0. The molecule has 4 aromatic carbocycles. The highest BCUT2D eigenvalue weighted by Crippen LogP contribution is 2.47. The number of hydrogen-bond donors (Lipinski definition) is 0. The minimum Gasteiger partial charge on any atom is -0.408 e. The fourth-order valence-electron chi connectivity index (χ4n) is 9.88. The fourth-order valence-corrected chi connectivity index (χ4v) is 9.88. The maximum atomic E-state index is 2.69. The summed E-state index contributed by atoms with van der Waals surface area (Å²) >= 11 is 0. The van der Waals surface area contributed by atoms with E-state index in [0.29, 0.717) is 0 Å². The van der Waals surface area contributed by atoms with Crippen LogP contribution < -0.4 is 20.9 Å².